The van der Waals surface area contributed by atoms with Crippen LogP contribution in [0.1, 0.15) is 55.6 Å². The zero-order valence-corrected chi connectivity index (χ0v) is 16.9. The average molecular weight is 381 g/mol. The van der Waals surface area contributed by atoms with Crippen LogP contribution in [0.25, 0.3) is 0 Å². The van der Waals surface area contributed by atoms with Crippen molar-refractivity contribution in [1.29, 1.82) is 0 Å². The number of hydrogen-bond donors (Lipinski definition) is 1. The van der Waals surface area contributed by atoms with E-state index in [9.17, 15) is 0 Å². The molecular formula is C24H28O2S. The number of rotatable bonds is 7. The highest BCUT2D eigenvalue weighted by Crippen LogP contribution is 2.35. The fourth-order valence-electron chi connectivity index (χ4n) is 3.50. The molecule has 0 aromatic heterocycles. The molecule has 27 heavy (non-hydrogen) atoms. The molecule has 0 heterocycles. The molecule has 1 saturated carbocycles. The summed E-state index contributed by atoms with van der Waals surface area (Å²) in [7, 11) is 1.70. The van der Waals surface area contributed by atoms with Gasteiger partial charge in [-0.2, -0.15) is 12.6 Å². The normalized spacial score (nSPS) is 15.0. The van der Waals surface area contributed by atoms with E-state index in [-0.39, 0.29) is 5.92 Å². The molecular weight excluding hydrogens is 352 g/mol. The zero-order chi connectivity index (χ0) is 18.9. The predicted octanol–water partition coefficient (Wildman–Crippen LogP) is 5.86. The first kappa shape index (κ1) is 19.7. The van der Waals surface area contributed by atoms with Crippen molar-refractivity contribution < 1.29 is 9.47 Å². The van der Waals surface area contributed by atoms with E-state index in [1.165, 1.54) is 18.4 Å². The van der Waals surface area contributed by atoms with Crippen molar-refractivity contribution in [3.8, 4) is 23.3 Å². The fraction of sp³-hybridized carbons (Fsp3) is 0.417. The van der Waals surface area contributed by atoms with Gasteiger partial charge in [-0.05, 0) is 74.1 Å². The van der Waals surface area contributed by atoms with Gasteiger partial charge in [-0.15, -0.1) is 0 Å². The highest BCUT2D eigenvalue weighted by molar-refractivity contribution is 7.80. The Morgan fingerprint density at radius 3 is 2.56 bits per heavy atom. The summed E-state index contributed by atoms with van der Waals surface area (Å²) < 4.78 is 11.8. The standard InChI is InChI=1S/C24H28O2S/c1-25-23-16-15-21(18-24(23)26-22-11-5-6-12-22)20(10-7-17-27)14-13-19-8-3-2-4-9-19/h2-4,8-9,15-16,18,20,22,27H,5-7,10-12,17H2,1H3. The topological polar surface area (TPSA) is 18.5 Å². The first-order valence-corrected chi connectivity index (χ1v) is 10.5. The van der Waals surface area contributed by atoms with Gasteiger partial charge in [0.2, 0.25) is 0 Å². The quantitative estimate of drug-likeness (QED) is 0.479. The summed E-state index contributed by atoms with van der Waals surface area (Å²) in [5, 5.41) is 0. The summed E-state index contributed by atoms with van der Waals surface area (Å²) >= 11 is 4.38. The summed E-state index contributed by atoms with van der Waals surface area (Å²) in [6.07, 6.45) is 7.08. The van der Waals surface area contributed by atoms with Crippen LogP contribution in [0.5, 0.6) is 11.5 Å². The van der Waals surface area contributed by atoms with E-state index in [4.69, 9.17) is 9.47 Å². The molecule has 0 amide bonds. The van der Waals surface area contributed by atoms with Gasteiger partial charge in [0, 0.05) is 11.5 Å². The Morgan fingerprint density at radius 1 is 1.07 bits per heavy atom. The first-order chi connectivity index (χ1) is 13.3. The van der Waals surface area contributed by atoms with Gasteiger partial charge in [0.05, 0.1) is 13.2 Å². The molecule has 1 aliphatic rings. The summed E-state index contributed by atoms with van der Waals surface area (Å²) in [4.78, 5) is 0. The van der Waals surface area contributed by atoms with E-state index in [0.717, 1.165) is 48.5 Å². The molecule has 1 aliphatic carbocycles. The van der Waals surface area contributed by atoms with Gasteiger partial charge in [0.15, 0.2) is 11.5 Å². The summed E-state index contributed by atoms with van der Waals surface area (Å²) in [6.45, 7) is 0. The second-order valence-electron chi connectivity index (χ2n) is 6.99. The highest BCUT2D eigenvalue weighted by atomic mass is 32.1. The first-order valence-electron chi connectivity index (χ1n) is 9.82. The average Bonchev–Trinajstić information content (AvgIpc) is 3.22. The van der Waals surface area contributed by atoms with Gasteiger partial charge in [0.1, 0.15) is 0 Å². The SMILES string of the molecule is COc1ccc(C(C#Cc2ccccc2)CCCS)cc1OC1CCCC1. The van der Waals surface area contributed by atoms with Crippen LogP contribution in [0.15, 0.2) is 48.5 Å². The van der Waals surface area contributed by atoms with Gasteiger partial charge in [-0.25, -0.2) is 0 Å². The molecule has 1 atom stereocenters. The Bertz CT molecular complexity index is 770. The summed E-state index contributed by atoms with van der Waals surface area (Å²) in [5.41, 5.74) is 2.23. The molecule has 3 rings (SSSR count). The van der Waals surface area contributed by atoms with Gasteiger partial charge >= 0.3 is 0 Å². The predicted molar refractivity (Wildman–Crippen MR) is 115 cm³/mol. The molecule has 2 aromatic carbocycles. The Labute approximate surface area is 168 Å². The molecule has 0 N–H and O–H groups in total. The van der Waals surface area contributed by atoms with Crippen molar-refractivity contribution in [3.63, 3.8) is 0 Å². The summed E-state index contributed by atoms with van der Waals surface area (Å²) in [5.74, 6) is 9.47. The smallest absolute Gasteiger partial charge is 0.161 e. The molecule has 0 saturated heterocycles. The lowest BCUT2D eigenvalue weighted by Gasteiger charge is -2.18. The van der Waals surface area contributed by atoms with Gasteiger partial charge in [0.25, 0.3) is 0 Å². The molecule has 3 heteroatoms. The number of ether oxygens (including phenoxy) is 2. The van der Waals surface area contributed by atoms with E-state index >= 15 is 0 Å². The number of thiol groups is 1. The molecule has 0 bridgehead atoms. The van der Waals surface area contributed by atoms with E-state index in [2.05, 4.69) is 36.6 Å². The Morgan fingerprint density at radius 2 is 1.85 bits per heavy atom. The van der Waals surface area contributed by atoms with Crippen molar-refractivity contribution in [1.82, 2.24) is 0 Å². The molecule has 1 fully saturated rings. The second-order valence-corrected chi connectivity index (χ2v) is 7.44. The molecule has 1 unspecified atom stereocenters. The van der Waals surface area contributed by atoms with Crippen molar-refractivity contribution in [2.45, 2.75) is 50.5 Å². The molecule has 0 spiro atoms. The molecule has 2 aromatic rings. The van der Waals surface area contributed by atoms with Gasteiger partial charge in [-0.3, -0.25) is 0 Å². The van der Waals surface area contributed by atoms with Crippen LogP contribution < -0.4 is 9.47 Å². The van der Waals surface area contributed by atoms with Gasteiger partial charge < -0.3 is 9.47 Å². The van der Waals surface area contributed by atoms with E-state index in [0.29, 0.717) is 6.10 Å². The van der Waals surface area contributed by atoms with Crippen LogP contribution in [0.4, 0.5) is 0 Å². The lowest BCUT2D eigenvalue weighted by Crippen LogP contribution is -2.12. The Balaban J connectivity index is 1.85. The van der Waals surface area contributed by atoms with E-state index in [1.54, 1.807) is 7.11 Å². The second kappa shape index (κ2) is 10.3. The van der Waals surface area contributed by atoms with Crippen LogP contribution in [0.3, 0.4) is 0 Å². The third-order valence-corrected chi connectivity index (χ3v) is 5.32. The molecule has 2 nitrogen and oxygen atoms in total. The van der Waals surface area contributed by atoms with Crippen LogP contribution in [-0.2, 0) is 0 Å². The minimum atomic E-state index is 0.161. The minimum Gasteiger partial charge on any atom is -0.493 e. The minimum absolute atomic E-state index is 0.161. The monoisotopic (exact) mass is 380 g/mol. The number of benzene rings is 2. The summed E-state index contributed by atoms with van der Waals surface area (Å²) in [6, 6.07) is 16.4. The largest absolute Gasteiger partial charge is 0.493 e. The Hall–Kier alpha value is -2.05. The van der Waals surface area contributed by atoms with Crippen molar-refractivity contribution in [3.05, 3.63) is 59.7 Å². The molecule has 142 valence electrons. The van der Waals surface area contributed by atoms with Crippen LogP contribution in [0.2, 0.25) is 0 Å². The fourth-order valence-corrected chi connectivity index (χ4v) is 3.68. The lowest BCUT2D eigenvalue weighted by atomic mass is 9.94. The van der Waals surface area contributed by atoms with Crippen LogP contribution in [0, 0.1) is 11.8 Å². The maximum absolute atomic E-state index is 6.27. The number of hydrogen-bond acceptors (Lipinski definition) is 3. The van der Waals surface area contributed by atoms with Crippen molar-refractivity contribution >= 4 is 12.6 Å². The molecule has 0 aliphatic heterocycles. The van der Waals surface area contributed by atoms with Crippen LogP contribution in [-0.4, -0.2) is 19.0 Å². The lowest BCUT2D eigenvalue weighted by molar-refractivity contribution is 0.200. The Kier molecular flexibility index (Phi) is 7.54. The zero-order valence-electron chi connectivity index (χ0n) is 16.0. The highest BCUT2D eigenvalue weighted by Gasteiger charge is 2.19. The molecule has 0 radical (unpaired) electrons. The van der Waals surface area contributed by atoms with E-state index in [1.807, 2.05) is 36.4 Å². The van der Waals surface area contributed by atoms with E-state index < -0.39 is 0 Å². The van der Waals surface area contributed by atoms with Crippen molar-refractivity contribution in [2.75, 3.05) is 12.9 Å². The number of methoxy groups -OCH3 is 1. The van der Waals surface area contributed by atoms with Gasteiger partial charge in [-0.1, -0.05) is 36.1 Å². The maximum atomic E-state index is 6.27. The third kappa shape index (κ3) is 5.71. The maximum Gasteiger partial charge on any atom is 0.161 e. The third-order valence-electron chi connectivity index (χ3n) is 5.00. The van der Waals surface area contributed by atoms with Crippen molar-refractivity contribution in [2.24, 2.45) is 0 Å². The van der Waals surface area contributed by atoms with Crippen LogP contribution >= 0.6 is 12.6 Å².